The van der Waals surface area contributed by atoms with Crippen molar-refractivity contribution < 1.29 is 9.90 Å². The topological polar surface area (TPSA) is 61.1 Å². The molecule has 0 spiro atoms. The standard InChI is InChI=1S/C11H10INO2/c1-2-7-4-10(12)8(5-11(14)15)3-9(7)6-13/h3-4H,2,5H2,1H3,(H,14,15). The number of carboxylic acid groups (broad SMARTS) is 1. The van der Waals surface area contributed by atoms with Crippen LogP contribution < -0.4 is 0 Å². The molecule has 0 fully saturated rings. The Morgan fingerprint density at radius 1 is 1.53 bits per heavy atom. The lowest BCUT2D eigenvalue weighted by molar-refractivity contribution is -0.136. The Morgan fingerprint density at radius 2 is 2.20 bits per heavy atom. The van der Waals surface area contributed by atoms with Crippen LogP contribution in [0.1, 0.15) is 23.6 Å². The summed E-state index contributed by atoms with van der Waals surface area (Å²) in [5, 5.41) is 17.6. The molecule has 0 aromatic heterocycles. The molecule has 0 atom stereocenters. The lowest BCUT2D eigenvalue weighted by Gasteiger charge is -2.06. The van der Waals surface area contributed by atoms with Crippen LogP contribution >= 0.6 is 22.6 Å². The Balaban J connectivity index is 3.21. The summed E-state index contributed by atoms with van der Waals surface area (Å²) in [4.78, 5) is 10.6. The third-order valence-corrected chi connectivity index (χ3v) is 3.12. The second kappa shape index (κ2) is 5.12. The molecular weight excluding hydrogens is 305 g/mol. The summed E-state index contributed by atoms with van der Waals surface area (Å²) in [6, 6.07) is 5.65. The number of halogens is 1. The molecular formula is C11H10INO2. The zero-order valence-corrected chi connectivity index (χ0v) is 10.4. The SMILES string of the molecule is CCc1cc(I)c(CC(=O)O)cc1C#N. The van der Waals surface area contributed by atoms with E-state index in [1.807, 2.05) is 13.0 Å². The lowest BCUT2D eigenvalue weighted by atomic mass is 10.0. The third kappa shape index (κ3) is 2.93. The molecule has 15 heavy (non-hydrogen) atoms. The fraction of sp³-hybridized carbons (Fsp3) is 0.273. The summed E-state index contributed by atoms with van der Waals surface area (Å²) in [5.41, 5.74) is 2.25. The zero-order chi connectivity index (χ0) is 11.4. The minimum Gasteiger partial charge on any atom is -0.481 e. The largest absolute Gasteiger partial charge is 0.481 e. The number of nitriles is 1. The maximum absolute atomic E-state index is 10.6. The van der Waals surface area contributed by atoms with Gasteiger partial charge in [0.2, 0.25) is 0 Å². The van der Waals surface area contributed by atoms with E-state index in [0.29, 0.717) is 11.1 Å². The van der Waals surface area contributed by atoms with Crippen LogP contribution in [0.15, 0.2) is 12.1 Å². The van der Waals surface area contributed by atoms with Crippen molar-refractivity contribution in [3.63, 3.8) is 0 Å². The molecule has 1 rings (SSSR count). The van der Waals surface area contributed by atoms with Gasteiger partial charge in [-0.3, -0.25) is 4.79 Å². The molecule has 0 heterocycles. The van der Waals surface area contributed by atoms with Crippen molar-refractivity contribution >= 4 is 28.6 Å². The summed E-state index contributed by atoms with van der Waals surface area (Å²) in [5.74, 6) is -0.874. The molecule has 3 nitrogen and oxygen atoms in total. The molecule has 0 saturated carbocycles. The van der Waals surface area contributed by atoms with Crippen molar-refractivity contribution in [3.8, 4) is 6.07 Å². The van der Waals surface area contributed by atoms with E-state index >= 15 is 0 Å². The van der Waals surface area contributed by atoms with Crippen LogP contribution in [0.5, 0.6) is 0 Å². The first-order chi connectivity index (χ1) is 7.08. The summed E-state index contributed by atoms with van der Waals surface area (Å²) in [6.45, 7) is 1.98. The third-order valence-electron chi connectivity index (χ3n) is 2.12. The van der Waals surface area contributed by atoms with E-state index in [1.165, 1.54) is 0 Å². The highest BCUT2D eigenvalue weighted by Crippen LogP contribution is 2.19. The number of carboxylic acids is 1. The van der Waals surface area contributed by atoms with Gasteiger partial charge in [-0.05, 0) is 52.3 Å². The van der Waals surface area contributed by atoms with Crippen LogP contribution in [-0.2, 0) is 17.6 Å². The van der Waals surface area contributed by atoms with Gasteiger partial charge < -0.3 is 5.11 Å². The van der Waals surface area contributed by atoms with Crippen molar-refractivity contribution in [3.05, 3.63) is 32.4 Å². The Morgan fingerprint density at radius 3 is 2.67 bits per heavy atom. The summed E-state index contributed by atoms with van der Waals surface area (Å²) < 4.78 is 0.908. The van der Waals surface area contributed by atoms with Crippen LogP contribution in [-0.4, -0.2) is 11.1 Å². The van der Waals surface area contributed by atoms with Gasteiger partial charge in [-0.25, -0.2) is 0 Å². The first-order valence-corrected chi connectivity index (χ1v) is 5.59. The summed E-state index contributed by atoms with van der Waals surface area (Å²) >= 11 is 2.10. The van der Waals surface area contributed by atoms with Crippen molar-refractivity contribution in [2.24, 2.45) is 0 Å². The average molecular weight is 315 g/mol. The number of hydrogen-bond acceptors (Lipinski definition) is 2. The predicted octanol–water partition coefficient (Wildman–Crippen LogP) is 2.35. The van der Waals surface area contributed by atoms with Gasteiger partial charge >= 0.3 is 5.97 Å². The average Bonchev–Trinajstić information content (AvgIpc) is 2.19. The molecule has 4 heteroatoms. The molecule has 0 aliphatic carbocycles. The van der Waals surface area contributed by atoms with Gasteiger partial charge in [0.15, 0.2) is 0 Å². The summed E-state index contributed by atoms with van der Waals surface area (Å²) in [7, 11) is 0. The van der Waals surface area contributed by atoms with Crippen LogP contribution in [0.2, 0.25) is 0 Å². The van der Waals surface area contributed by atoms with Crippen LogP contribution in [0.3, 0.4) is 0 Å². The first kappa shape index (κ1) is 12.0. The molecule has 0 aliphatic rings. The minimum atomic E-state index is -0.874. The van der Waals surface area contributed by atoms with E-state index < -0.39 is 5.97 Å². The van der Waals surface area contributed by atoms with Gasteiger partial charge in [0.05, 0.1) is 18.1 Å². The Hall–Kier alpha value is -1.09. The number of aliphatic carboxylic acids is 1. The second-order valence-electron chi connectivity index (χ2n) is 3.14. The Bertz CT molecular complexity index is 435. The highest BCUT2D eigenvalue weighted by Gasteiger charge is 2.09. The van der Waals surface area contributed by atoms with E-state index in [2.05, 4.69) is 28.7 Å². The van der Waals surface area contributed by atoms with Crippen LogP contribution in [0.4, 0.5) is 0 Å². The van der Waals surface area contributed by atoms with Crippen molar-refractivity contribution in [1.82, 2.24) is 0 Å². The van der Waals surface area contributed by atoms with Crippen molar-refractivity contribution in [2.75, 3.05) is 0 Å². The zero-order valence-electron chi connectivity index (χ0n) is 8.25. The fourth-order valence-electron chi connectivity index (χ4n) is 1.35. The number of carbonyl (C=O) groups is 1. The first-order valence-electron chi connectivity index (χ1n) is 4.51. The number of nitrogens with zero attached hydrogens (tertiary/aromatic N) is 1. The van der Waals surface area contributed by atoms with Gasteiger partial charge in [-0.1, -0.05) is 6.92 Å². The second-order valence-corrected chi connectivity index (χ2v) is 4.30. The highest BCUT2D eigenvalue weighted by molar-refractivity contribution is 14.1. The van der Waals surface area contributed by atoms with Crippen LogP contribution in [0, 0.1) is 14.9 Å². The predicted molar refractivity (Wildman–Crippen MR) is 64.6 cm³/mol. The van der Waals surface area contributed by atoms with Gasteiger partial charge in [-0.15, -0.1) is 0 Å². The molecule has 0 amide bonds. The molecule has 1 aromatic rings. The fourth-order valence-corrected chi connectivity index (χ4v) is 2.08. The summed E-state index contributed by atoms with van der Waals surface area (Å²) in [6.07, 6.45) is 0.753. The molecule has 78 valence electrons. The Labute approximate surface area is 102 Å². The molecule has 0 aliphatic heterocycles. The minimum absolute atomic E-state index is 0.0308. The van der Waals surface area contributed by atoms with Gasteiger partial charge in [0, 0.05) is 3.57 Å². The van der Waals surface area contributed by atoms with E-state index in [4.69, 9.17) is 10.4 Å². The maximum atomic E-state index is 10.6. The number of hydrogen-bond donors (Lipinski definition) is 1. The van der Waals surface area contributed by atoms with E-state index in [9.17, 15) is 4.79 Å². The van der Waals surface area contributed by atoms with Gasteiger partial charge in [0.25, 0.3) is 0 Å². The normalized spacial score (nSPS) is 9.67. The van der Waals surface area contributed by atoms with Gasteiger partial charge in [-0.2, -0.15) is 5.26 Å². The van der Waals surface area contributed by atoms with Crippen molar-refractivity contribution in [1.29, 1.82) is 5.26 Å². The van der Waals surface area contributed by atoms with Crippen molar-refractivity contribution in [2.45, 2.75) is 19.8 Å². The molecule has 1 aromatic carbocycles. The number of benzene rings is 1. The monoisotopic (exact) mass is 315 g/mol. The number of rotatable bonds is 3. The molecule has 1 N–H and O–H groups in total. The van der Waals surface area contributed by atoms with Gasteiger partial charge in [0.1, 0.15) is 0 Å². The quantitative estimate of drug-likeness (QED) is 0.871. The van der Waals surface area contributed by atoms with E-state index in [1.54, 1.807) is 6.07 Å². The molecule has 0 bridgehead atoms. The molecule has 0 saturated heterocycles. The van der Waals surface area contributed by atoms with E-state index in [0.717, 1.165) is 15.6 Å². The Kier molecular flexibility index (Phi) is 4.09. The van der Waals surface area contributed by atoms with E-state index in [-0.39, 0.29) is 6.42 Å². The molecule has 0 unspecified atom stereocenters. The lowest BCUT2D eigenvalue weighted by Crippen LogP contribution is -2.03. The molecule has 0 radical (unpaired) electrons. The highest BCUT2D eigenvalue weighted by atomic mass is 127. The van der Waals surface area contributed by atoms with Crippen LogP contribution in [0.25, 0.3) is 0 Å². The smallest absolute Gasteiger partial charge is 0.307 e. The number of aryl methyl sites for hydroxylation is 1. The maximum Gasteiger partial charge on any atom is 0.307 e.